The van der Waals surface area contributed by atoms with Crippen molar-refractivity contribution in [2.24, 2.45) is 0 Å². The van der Waals surface area contributed by atoms with Crippen LogP contribution in [0.25, 0.3) is 11.3 Å². The van der Waals surface area contributed by atoms with Gasteiger partial charge in [0.2, 0.25) is 0 Å². The van der Waals surface area contributed by atoms with Crippen LogP contribution in [0, 0.1) is 0 Å². The molecule has 0 amide bonds. The first-order chi connectivity index (χ1) is 8.24. The van der Waals surface area contributed by atoms with E-state index >= 15 is 0 Å². The zero-order chi connectivity index (χ0) is 12.3. The lowest BCUT2D eigenvalue weighted by Crippen LogP contribution is -2.04. The van der Waals surface area contributed by atoms with Crippen molar-refractivity contribution in [3.05, 3.63) is 42.2 Å². The Morgan fingerprint density at radius 2 is 1.76 bits per heavy atom. The smallest absolute Gasteiger partial charge is 0.133 e. The van der Waals surface area contributed by atoms with Gasteiger partial charge in [-0.1, -0.05) is 44.2 Å². The van der Waals surface area contributed by atoms with E-state index in [-0.39, 0.29) is 0 Å². The zero-order valence-electron chi connectivity index (χ0n) is 10.4. The summed E-state index contributed by atoms with van der Waals surface area (Å²) in [7, 11) is 1.89. The standard InChI is InChI=1S/C14H17N3/c1-10(2)12-13(11-7-5-4-6-8-11)16-9-17-14(12)15-3/h4-10H,1-3H3,(H,15,16,17). The van der Waals surface area contributed by atoms with Gasteiger partial charge in [0.1, 0.15) is 12.1 Å². The van der Waals surface area contributed by atoms with Gasteiger partial charge in [0.05, 0.1) is 5.69 Å². The molecule has 0 aliphatic heterocycles. The maximum atomic E-state index is 4.43. The van der Waals surface area contributed by atoms with Gasteiger partial charge in [-0.25, -0.2) is 9.97 Å². The maximum absolute atomic E-state index is 4.43. The summed E-state index contributed by atoms with van der Waals surface area (Å²) in [5.74, 6) is 1.29. The van der Waals surface area contributed by atoms with Gasteiger partial charge in [-0.05, 0) is 5.92 Å². The average molecular weight is 227 g/mol. The minimum Gasteiger partial charge on any atom is -0.373 e. The van der Waals surface area contributed by atoms with Gasteiger partial charge >= 0.3 is 0 Å². The fourth-order valence-corrected chi connectivity index (χ4v) is 1.97. The van der Waals surface area contributed by atoms with E-state index < -0.39 is 0 Å². The molecule has 0 fully saturated rings. The normalized spacial score (nSPS) is 10.6. The predicted octanol–water partition coefficient (Wildman–Crippen LogP) is 3.31. The van der Waals surface area contributed by atoms with Crippen LogP contribution in [-0.4, -0.2) is 17.0 Å². The molecule has 2 aromatic rings. The van der Waals surface area contributed by atoms with Gasteiger partial charge in [0.25, 0.3) is 0 Å². The van der Waals surface area contributed by atoms with Crippen LogP contribution in [0.5, 0.6) is 0 Å². The van der Waals surface area contributed by atoms with Crippen molar-refractivity contribution in [2.75, 3.05) is 12.4 Å². The van der Waals surface area contributed by atoms with Crippen LogP contribution in [0.2, 0.25) is 0 Å². The summed E-state index contributed by atoms with van der Waals surface area (Å²) >= 11 is 0. The van der Waals surface area contributed by atoms with E-state index in [1.54, 1.807) is 6.33 Å². The molecular weight excluding hydrogens is 210 g/mol. The Balaban J connectivity index is 2.62. The Morgan fingerprint density at radius 1 is 1.06 bits per heavy atom. The summed E-state index contributed by atoms with van der Waals surface area (Å²) in [5, 5.41) is 3.14. The molecule has 88 valence electrons. The number of hydrogen-bond acceptors (Lipinski definition) is 3. The fraction of sp³-hybridized carbons (Fsp3) is 0.286. The van der Waals surface area contributed by atoms with E-state index in [9.17, 15) is 0 Å². The van der Waals surface area contributed by atoms with Gasteiger partial charge in [-0.15, -0.1) is 0 Å². The summed E-state index contributed by atoms with van der Waals surface area (Å²) in [6, 6.07) is 10.2. The Morgan fingerprint density at radius 3 is 2.35 bits per heavy atom. The van der Waals surface area contributed by atoms with Crippen LogP contribution < -0.4 is 5.32 Å². The van der Waals surface area contributed by atoms with Gasteiger partial charge in [0.15, 0.2) is 0 Å². The monoisotopic (exact) mass is 227 g/mol. The summed E-state index contributed by atoms with van der Waals surface area (Å²) < 4.78 is 0. The molecule has 1 heterocycles. The lowest BCUT2D eigenvalue weighted by atomic mass is 9.97. The predicted molar refractivity (Wildman–Crippen MR) is 71.1 cm³/mol. The summed E-state index contributed by atoms with van der Waals surface area (Å²) in [6.07, 6.45) is 1.61. The molecule has 1 aromatic carbocycles. The first-order valence-corrected chi connectivity index (χ1v) is 5.82. The fourth-order valence-electron chi connectivity index (χ4n) is 1.97. The second-order valence-corrected chi connectivity index (χ2v) is 4.26. The summed E-state index contributed by atoms with van der Waals surface area (Å²) in [4.78, 5) is 8.71. The average Bonchev–Trinajstić information content (AvgIpc) is 2.38. The molecule has 0 atom stereocenters. The molecule has 3 heteroatoms. The van der Waals surface area contributed by atoms with Gasteiger partial charge in [-0.2, -0.15) is 0 Å². The number of anilines is 1. The highest BCUT2D eigenvalue weighted by Gasteiger charge is 2.14. The second-order valence-electron chi connectivity index (χ2n) is 4.26. The van der Waals surface area contributed by atoms with E-state index in [0.717, 1.165) is 17.1 Å². The quantitative estimate of drug-likeness (QED) is 0.874. The van der Waals surface area contributed by atoms with Crippen molar-refractivity contribution in [1.29, 1.82) is 0 Å². The minimum absolute atomic E-state index is 0.383. The van der Waals surface area contributed by atoms with Crippen LogP contribution in [0.15, 0.2) is 36.7 Å². The van der Waals surface area contributed by atoms with Crippen LogP contribution in [0.4, 0.5) is 5.82 Å². The molecule has 0 aliphatic carbocycles. The third kappa shape index (κ3) is 2.28. The lowest BCUT2D eigenvalue weighted by molar-refractivity contribution is 0.852. The first kappa shape index (κ1) is 11.6. The topological polar surface area (TPSA) is 37.8 Å². The molecule has 17 heavy (non-hydrogen) atoms. The van der Waals surface area contributed by atoms with Gasteiger partial charge in [0, 0.05) is 18.2 Å². The van der Waals surface area contributed by atoms with E-state index in [0.29, 0.717) is 5.92 Å². The van der Waals surface area contributed by atoms with E-state index in [4.69, 9.17) is 0 Å². The lowest BCUT2D eigenvalue weighted by Gasteiger charge is -2.15. The van der Waals surface area contributed by atoms with Crippen molar-refractivity contribution in [1.82, 2.24) is 9.97 Å². The van der Waals surface area contributed by atoms with Crippen molar-refractivity contribution < 1.29 is 0 Å². The van der Waals surface area contributed by atoms with Crippen LogP contribution >= 0.6 is 0 Å². The Kier molecular flexibility index (Phi) is 3.38. The number of nitrogens with zero attached hydrogens (tertiary/aromatic N) is 2. The number of hydrogen-bond donors (Lipinski definition) is 1. The Hall–Kier alpha value is -1.90. The molecule has 1 aromatic heterocycles. The molecule has 0 radical (unpaired) electrons. The molecule has 0 unspecified atom stereocenters. The van der Waals surface area contributed by atoms with E-state index in [2.05, 4.69) is 41.3 Å². The molecular formula is C14H17N3. The minimum atomic E-state index is 0.383. The van der Waals surface area contributed by atoms with Gasteiger partial charge in [-0.3, -0.25) is 0 Å². The highest BCUT2D eigenvalue weighted by molar-refractivity contribution is 5.68. The third-order valence-electron chi connectivity index (χ3n) is 2.75. The van der Waals surface area contributed by atoms with Crippen molar-refractivity contribution in [2.45, 2.75) is 19.8 Å². The molecule has 0 aliphatic rings. The Labute approximate surface area is 102 Å². The number of rotatable bonds is 3. The number of nitrogens with one attached hydrogen (secondary N) is 1. The Bertz CT molecular complexity index is 492. The van der Waals surface area contributed by atoms with Gasteiger partial charge < -0.3 is 5.32 Å². The molecule has 2 rings (SSSR count). The van der Waals surface area contributed by atoms with Crippen LogP contribution in [-0.2, 0) is 0 Å². The van der Waals surface area contributed by atoms with Crippen molar-refractivity contribution in [3.63, 3.8) is 0 Å². The summed E-state index contributed by atoms with van der Waals surface area (Å²) in [6.45, 7) is 4.32. The molecule has 0 spiro atoms. The highest BCUT2D eigenvalue weighted by atomic mass is 15.0. The molecule has 0 saturated carbocycles. The molecule has 0 bridgehead atoms. The SMILES string of the molecule is CNc1ncnc(-c2ccccc2)c1C(C)C. The van der Waals surface area contributed by atoms with Crippen LogP contribution in [0.3, 0.4) is 0 Å². The maximum Gasteiger partial charge on any atom is 0.133 e. The first-order valence-electron chi connectivity index (χ1n) is 5.82. The third-order valence-corrected chi connectivity index (χ3v) is 2.75. The van der Waals surface area contributed by atoms with Crippen LogP contribution in [0.1, 0.15) is 25.3 Å². The zero-order valence-corrected chi connectivity index (χ0v) is 10.4. The molecule has 1 N–H and O–H groups in total. The van der Waals surface area contributed by atoms with Crippen molar-refractivity contribution in [3.8, 4) is 11.3 Å². The van der Waals surface area contributed by atoms with E-state index in [1.807, 2.05) is 25.2 Å². The largest absolute Gasteiger partial charge is 0.373 e. The molecule has 0 saturated heterocycles. The number of benzene rings is 1. The van der Waals surface area contributed by atoms with E-state index in [1.165, 1.54) is 5.56 Å². The summed E-state index contributed by atoms with van der Waals surface area (Å²) in [5.41, 5.74) is 3.32. The van der Waals surface area contributed by atoms with Crippen molar-refractivity contribution >= 4 is 5.82 Å². The highest BCUT2D eigenvalue weighted by Crippen LogP contribution is 2.31. The second kappa shape index (κ2) is 4.95. The number of aromatic nitrogens is 2. The molecule has 3 nitrogen and oxygen atoms in total.